The highest BCUT2D eigenvalue weighted by Crippen LogP contribution is 2.35. The summed E-state index contributed by atoms with van der Waals surface area (Å²) in [6.07, 6.45) is 1.85. The van der Waals surface area contributed by atoms with E-state index in [0.29, 0.717) is 15.5 Å². The van der Waals surface area contributed by atoms with Gasteiger partial charge in [-0.3, -0.25) is 0 Å². The number of hydrogen-bond acceptors (Lipinski definition) is 3. The SMILES string of the molecule is Cl.O=C(OCc1cc(Cl)cc(Cl)c1)N1CCC2(CC1)CNC2. The number of carbonyl (C=O) groups is 1. The molecule has 0 saturated carbocycles. The van der Waals surface area contributed by atoms with E-state index in [1.807, 2.05) is 0 Å². The molecule has 0 atom stereocenters. The Morgan fingerprint density at radius 1 is 1.18 bits per heavy atom. The Morgan fingerprint density at radius 3 is 2.27 bits per heavy atom. The van der Waals surface area contributed by atoms with Gasteiger partial charge in [0.1, 0.15) is 6.61 Å². The van der Waals surface area contributed by atoms with Crippen molar-refractivity contribution in [2.24, 2.45) is 5.41 Å². The van der Waals surface area contributed by atoms with Gasteiger partial charge in [0.2, 0.25) is 0 Å². The number of nitrogens with zero attached hydrogens (tertiary/aromatic N) is 1. The van der Waals surface area contributed by atoms with Crippen molar-refractivity contribution in [3.05, 3.63) is 33.8 Å². The molecule has 0 unspecified atom stereocenters. The number of amides is 1. The molecule has 2 aliphatic heterocycles. The van der Waals surface area contributed by atoms with Crippen LogP contribution >= 0.6 is 35.6 Å². The number of piperidine rings is 1. The van der Waals surface area contributed by atoms with E-state index in [9.17, 15) is 4.79 Å². The van der Waals surface area contributed by atoms with Gasteiger partial charge in [-0.15, -0.1) is 12.4 Å². The fourth-order valence-electron chi connectivity index (χ4n) is 2.93. The maximum atomic E-state index is 12.1. The summed E-state index contributed by atoms with van der Waals surface area (Å²) in [5.74, 6) is 0. The van der Waals surface area contributed by atoms with Crippen LogP contribution in [0.3, 0.4) is 0 Å². The van der Waals surface area contributed by atoms with Crippen molar-refractivity contribution >= 4 is 41.7 Å². The molecule has 2 heterocycles. The zero-order chi connectivity index (χ0) is 14.9. The predicted octanol–water partition coefficient (Wildman–Crippen LogP) is 3.74. The lowest BCUT2D eigenvalue weighted by molar-refractivity contribution is 0.0384. The van der Waals surface area contributed by atoms with Crippen molar-refractivity contribution in [2.75, 3.05) is 26.2 Å². The van der Waals surface area contributed by atoms with Crippen molar-refractivity contribution in [3.8, 4) is 0 Å². The van der Waals surface area contributed by atoms with Crippen LogP contribution in [-0.2, 0) is 11.3 Å². The monoisotopic (exact) mass is 364 g/mol. The second-order valence-electron chi connectivity index (χ2n) is 5.92. The molecule has 0 bridgehead atoms. The molecule has 1 N–H and O–H groups in total. The van der Waals surface area contributed by atoms with Gasteiger partial charge >= 0.3 is 6.09 Å². The number of halogens is 3. The number of carbonyl (C=O) groups excluding carboxylic acids is 1. The van der Waals surface area contributed by atoms with E-state index >= 15 is 0 Å². The van der Waals surface area contributed by atoms with Gasteiger partial charge in [-0.25, -0.2) is 4.79 Å². The van der Waals surface area contributed by atoms with Crippen LogP contribution in [0.5, 0.6) is 0 Å². The molecule has 122 valence electrons. The molecular weight excluding hydrogens is 347 g/mol. The van der Waals surface area contributed by atoms with Gasteiger partial charge in [-0.2, -0.15) is 0 Å². The number of likely N-dealkylation sites (tertiary alicyclic amines) is 1. The Morgan fingerprint density at radius 2 is 1.77 bits per heavy atom. The molecule has 1 spiro atoms. The van der Waals surface area contributed by atoms with Crippen molar-refractivity contribution in [1.82, 2.24) is 10.2 Å². The van der Waals surface area contributed by atoms with Gasteiger partial charge in [-0.1, -0.05) is 23.2 Å². The third kappa shape index (κ3) is 3.99. The first kappa shape index (κ1) is 17.7. The van der Waals surface area contributed by atoms with Gasteiger partial charge in [-0.05, 0) is 42.0 Å². The minimum absolute atomic E-state index is 0. The zero-order valence-corrected chi connectivity index (χ0v) is 14.4. The molecule has 7 heteroatoms. The fraction of sp³-hybridized carbons (Fsp3) is 0.533. The van der Waals surface area contributed by atoms with Crippen LogP contribution in [0.15, 0.2) is 18.2 Å². The Bertz CT molecular complexity index is 519. The minimum Gasteiger partial charge on any atom is -0.445 e. The Balaban J connectivity index is 0.00000176. The Hall–Kier alpha value is -0.680. The largest absolute Gasteiger partial charge is 0.445 e. The lowest BCUT2D eigenvalue weighted by Crippen LogP contribution is -2.58. The summed E-state index contributed by atoms with van der Waals surface area (Å²) in [4.78, 5) is 13.9. The molecule has 0 radical (unpaired) electrons. The summed E-state index contributed by atoms with van der Waals surface area (Å²) < 4.78 is 5.35. The summed E-state index contributed by atoms with van der Waals surface area (Å²) in [6.45, 7) is 3.91. The van der Waals surface area contributed by atoms with Gasteiger partial charge in [0.15, 0.2) is 0 Å². The zero-order valence-electron chi connectivity index (χ0n) is 12.1. The van der Waals surface area contributed by atoms with E-state index in [2.05, 4.69) is 5.32 Å². The van der Waals surface area contributed by atoms with Crippen LogP contribution in [0.4, 0.5) is 4.79 Å². The van der Waals surface area contributed by atoms with Crippen LogP contribution in [0, 0.1) is 5.41 Å². The van der Waals surface area contributed by atoms with Gasteiger partial charge in [0.05, 0.1) is 0 Å². The first-order valence-electron chi connectivity index (χ1n) is 7.14. The third-order valence-electron chi connectivity index (χ3n) is 4.37. The van der Waals surface area contributed by atoms with Gasteiger partial charge in [0, 0.05) is 36.2 Å². The second kappa shape index (κ2) is 7.26. The number of ether oxygens (including phenoxy) is 1. The molecule has 2 saturated heterocycles. The first-order chi connectivity index (χ1) is 10.1. The fourth-order valence-corrected chi connectivity index (χ4v) is 3.50. The quantitative estimate of drug-likeness (QED) is 0.868. The average Bonchev–Trinajstić information content (AvgIpc) is 2.42. The van der Waals surface area contributed by atoms with E-state index < -0.39 is 0 Å². The maximum Gasteiger partial charge on any atom is 0.410 e. The molecule has 2 aliphatic rings. The lowest BCUT2D eigenvalue weighted by atomic mass is 9.73. The van der Waals surface area contributed by atoms with E-state index in [-0.39, 0.29) is 25.1 Å². The normalized spacial score (nSPS) is 19.3. The summed E-state index contributed by atoms with van der Waals surface area (Å²) in [5, 5.41) is 4.41. The highest BCUT2D eigenvalue weighted by Gasteiger charge is 2.40. The summed E-state index contributed by atoms with van der Waals surface area (Å²) >= 11 is 11.9. The molecule has 4 nitrogen and oxygen atoms in total. The van der Waals surface area contributed by atoms with Gasteiger partial charge < -0.3 is 15.0 Å². The topological polar surface area (TPSA) is 41.6 Å². The number of nitrogens with one attached hydrogen (secondary N) is 1. The highest BCUT2D eigenvalue weighted by atomic mass is 35.5. The molecule has 2 fully saturated rings. The maximum absolute atomic E-state index is 12.1. The molecule has 3 rings (SSSR count). The lowest BCUT2D eigenvalue weighted by Gasteiger charge is -2.48. The van der Waals surface area contributed by atoms with Crippen molar-refractivity contribution in [2.45, 2.75) is 19.4 Å². The van der Waals surface area contributed by atoms with Crippen molar-refractivity contribution in [1.29, 1.82) is 0 Å². The third-order valence-corrected chi connectivity index (χ3v) is 4.80. The van der Waals surface area contributed by atoms with Crippen molar-refractivity contribution < 1.29 is 9.53 Å². The molecule has 1 aromatic carbocycles. The number of hydrogen-bond donors (Lipinski definition) is 1. The molecular formula is C15H19Cl3N2O2. The standard InChI is InChI=1S/C15H18Cl2N2O2.ClH/c16-12-5-11(6-13(17)7-12)8-21-14(20)19-3-1-15(2-4-19)9-18-10-15;/h5-7,18H,1-4,8-10H2;1H. The van der Waals surface area contributed by atoms with Gasteiger partial charge in [0.25, 0.3) is 0 Å². The molecule has 0 aromatic heterocycles. The summed E-state index contributed by atoms with van der Waals surface area (Å²) in [6, 6.07) is 5.17. The van der Waals surface area contributed by atoms with Crippen LogP contribution in [0.1, 0.15) is 18.4 Å². The summed E-state index contributed by atoms with van der Waals surface area (Å²) in [7, 11) is 0. The second-order valence-corrected chi connectivity index (χ2v) is 6.80. The van der Waals surface area contributed by atoms with E-state index in [1.165, 1.54) is 0 Å². The number of benzene rings is 1. The molecule has 22 heavy (non-hydrogen) atoms. The molecule has 1 amide bonds. The predicted molar refractivity (Wildman–Crippen MR) is 90.0 cm³/mol. The average molecular weight is 366 g/mol. The smallest absolute Gasteiger partial charge is 0.410 e. The van der Waals surface area contributed by atoms with Crippen LogP contribution in [0.2, 0.25) is 10.0 Å². The van der Waals surface area contributed by atoms with E-state index in [4.69, 9.17) is 27.9 Å². The van der Waals surface area contributed by atoms with Crippen LogP contribution < -0.4 is 5.32 Å². The first-order valence-corrected chi connectivity index (χ1v) is 7.89. The Labute approximate surface area is 146 Å². The molecule has 1 aromatic rings. The van der Waals surface area contributed by atoms with E-state index in [1.54, 1.807) is 23.1 Å². The Kier molecular flexibility index (Phi) is 5.83. The van der Waals surface area contributed by atoms with Crippen LogP contribution in [0.25, 0.3) is 0 Å². The van der Waals surface area contributed by atoms with Crippen molar-refractivity contribution in [3.63, 3.8) is 0 Å². The summed E-state index contributed by atoms with van der Waals surface area (Å²) in [5.41, 5.74) is 1.23. The minimum atomic E-state index is -0.256. The van der Waals surface area contributed by atoms with E-state index in [0.717, 1.165) is 44.6 Å². The molecule has 0 aliphatic carbocycles. The number of rotatable bonds is 2. The highest BCUT2D eigenvalue weighted by molar-refractivity contribution is 6.34. The van der Waals surface area contributed by atoms with Crippen LogP contribution in [-0.4, -0.2) is 37.2 Å².